The Kier molecular flexibility index (Phi) is 3.72. The zero-order valence-electron chi connectivity index (χ0n) is 9.82. The molecular formula is C13H16BrNO2. The molecule has 0 aromatic heterocycles. The van der Waals surface area contributed by atoms with E-state index in [2.05, 4.69) is 15.9 Å². The molecule has 1 heterocycles. The third-order valence-electron chi connectivity index (χ3n) is 3.27. The van der Waals surface area contributed by atoms with Crippen LogP contribution < -0.4 is 0 Å². The molecular weight excluding hydrogens is 282 g/mol. The van der Waals surface area contributed by atoms with Gasteiger partial charge >= 0.3 is 0 Å². The molecule has 1 fully saturated rings. The normalized spacial score (nSPS) is 21.4. The summed E-state index contributed by atoms with van der Waals surface area (Å²) in [6.07, 6.45) is 2.95. The number of hydrogen-bond acceptors (Lipinski definition) is 2. The van der Waals surface area contributed by atoms with Crippen LogP contribution in [0.5, 0.6) is 5.75 Å². The topological polar surface area (TPSA) is 40.5 Å². The number of carbonyl (C=O) groups is 1. The third-order valence-corrected chi connectivity index (χ3v) is 3.99. The van der Waals surface area contributed by atoms with Crippen LogP contribution in [0.25, 0.3) is 0 Å². The molecule has 1 aromatic rings. The van der Waals surface area contributed by atoms with E-state index in [0.29, 0.717) is 0 Å². The molecule has 1 saturated heterocycles. The van der Waals surface area contributed by atoms with Gasteiger partial charge in [0.05, 0.1) is 5.92 Å². The minimum absolute atomic E-state index is 0.135. The van der Waals surface area contributed by atoms with E-state index in [-0.39, 0.29) is 17.6 Å². The van der Waals surface area contributed by atoms with E-state index in [1.54, 1.807) is 23.1 Å². The minimum atomic E-state index is -0.135. The van der Waals surface area contributed by atoms with Crippen LogP contribution >= 0.6 is 15.9 Å². The molecule has 1 aromatic carbocycles. The highest BCUT2D eigenvalue weighted by atomic mass is 79.9. The number of nitrogens with zero attached hydrogens (tertiary/aromatic N) is 1. The second-order valence-electron chi connectivity index (χ2n) is 4.51. The van der Waals surface area contributed by atoms with Crippen molar-refractivity contribution in [1.82, 2.24) is 4.90 Å². The fraction of sp³-hybridized carbons (Fsp3) is 0.462. The molecule has 0 saturated carbocycles. The highest BCUT2D eigenvalue weighted by Crippen LogP contribution is 2.34. The Labute approximate surface area is 110 Å². The van der Waals surface area contributed by atoms with Gasteiger partial charge in [-0.3, -0.25) is 4.79 Å². The van der Waals surface area contributed by atoms with Crippen LogP contribution in [-0.2, 0) is 4.79 Å². The Morgan fingerprint density at radius 2 is 2.18 bits per heavy atom. The molecule has 1 aliphatic heterocycles. The number of likely N-dealkylation sites (tertiary alicyclic amines) is 1. The Morgan fingerprint density at radius 1 is 1.41 bits per heavy atom. The van der Waals surface area contributed by atoms with Gasteiger partial charge in [0.1, 0.15) is 5.75 Å². The number of phenolic OH excluding ortho intramolecular Hbond substituents is 1. The van der Waals surface area contributed by atoms with E-state index in [9.17, 15) is 9.90 Å². The van der Waals surface area contributed by atoms with E-state index in [1.165, 1.54) is 0 Å². The summed E-state index contributed by atoms with van der Waals surface area (Å²) >= 11 is 3.46. The Balaban J connectivity index is 2.36. The number of phenols is 1. The van der Waals surface area contributed by atoms with Crippen LogP contribution in [0.4, 0.5) is 0 Å². The predicted octanol–water partition coefficient (Wildman–Crippen LogP) is 2.88. The Hall–Kier alpha value is -1.03. The molecule has 1 N–H and O–H groups in total. The SMILES string of the molecule is CN1CCCC[C@H](c2cc(O)ccc2Br)C1=O. The lowest BCUT2D eigenvalue weighted by atomic mass is 9.93. The van der Waals surface area contributed by atoms with Crippen molar-refractivity contribution in [2.75, 3.05) is 13.6 Å². The number of halogens is 1. The van der Waals surface area contributed by atoms with Gasteiger partial charge in [-0.25, -0.2) is 0 Å². The molecule has 0 radical (unpaired) electrons. The van der Waals surface area contributed by atoms with Crippen molar-refractivity contribution in [2.24, 2.45) is 0 Å². The van der Waals surface area contributed by atoms with Gasteiger partial charge < -0.3 is 10.0 Å². The first kappa shape index (κ1) is 12.4. The number of hydrogen-bond donors (Lipinski definition) is 1. The summed E-state index contributed by atoms with van der Waals surface area (Å²) in [5.41, 5.74) is 0.892. The third kappa shape index (κ3) is 2.63. The maximum Gasteiger partial charge on any atom is 0.229 e. The number of amides is 1. The van der Waals surface area contributed by atoms with E-state index in [1.807, 2.05) is 7.05 Å². The molecule has 4 heteroatoms. The van der Waals surface area contributed by atoms with Crippen LogP contribution in [0.3, 0.4) is 0 Å². The van der Waals surface area contributed by atoms with Crippen LogP contribution in [0.2, 0.25) is 0 Å². The first-order valence-electron chi connectivity index (χ1n) is 5.83. The van der Waals surface area contributed by atoms with Crippen molar-refractivity contribution in [3.05, 3.63) is 28.2 Å². The molecule has 0 spiro atoms. The molecule has 0 unspecified atom stereocenters. The average molecular weight is 298 g/mol. The predicted molar refractivity (Wildman–Crippen MR) is 70.0 cm³/mol. The lowest BCUT2D eigenvalue weighted by Crippen LogP contribution is -2.30. The smallest absolute Gasteiger partial charge is 0.229 e. The molecule has 1 atom stereocenters. The maximum atomic E-state index is 12.2. The van der Waals surface area contributed by atoms with Crippen LogP contribution in [0, 0.1) is 0 Å². The molecule has 0 bridgehead atoms. The largest absolute Gasteiger partial charge is 0.508 e. The summed E-state index contributed by atoms with van der Waals surface area (Å²) in [5.74, 6) is 0.223. The number of benzene rings is 1. The number of likely N-dealkylation sites (N-methyl/N-ethyl adjacent to an activating group) is 1. The molecule has 1 aliphatic rings. The van der Waals surface area contributed by atoms with Gasteiger partial charge in [0.15, 0.2) is 0 Å². The van der Waals surface area contributed by atoms with Crippen molar-refractivity contribution in [2.45, 2.75) is 25.2 Å². The fourth-order valence-electron chi connectivity index (χ4n) is 2.28. The van der Waals surface area contributed by atoms with Crippen molar-refractivity contribution in [1.29, 1.82) is 0 Å². The van der Waals surface area contributed by atoms with Gasteiger partial charge in [0.2, 0.25) is 5.91 Å². The zero-order valence-corrected chi connectivity index (χ0v) is 11.4. The van der Waals surface area contributed by atoms with Gasteiger partial charge in [-0.15, -0.1) is 0 Å². The summed E-state index contributed by atoms with van der Waals surface area (Å²) in [6.45, 7) is 0.825. The summed E-state index contributed by atoms with van der Waals surface area (Å²) in [6, 6.07) is 5.10. The zero-order chi connectivity index (χ0) is 12.4. The van der Waals surface area contributed by atoms with E-state index in [0.717, 1.165) is 35.8 Å². The fourth-order valence-corrected chi connectivity index (χ4v) is 2.81. The first-order chi connectivity index (χ1) is 8.09. The van der Waals surface area contributed by atoms with Crippen LogP contribution in [-0.4, -0.2) is 29.5 Å². The molecule has 2 rings (SSSR count). The van der Waals surface area contributed by atoms with Gasteiger partial charge in [-0.05, 0) is 36.6 Å². The minimum Gasteiger partial charge on any atom is -0.508 e. The number of aromatic hydroxyl groups is 1. The van der Waals surface area contributed by atoms with E-state index < -0.39 is 0 Å². The average Bonchev–Trinajstić information content (AvgIpc) is 2.46. The van der Waals surface area contributed by atoms with E-state index >= 15 is 0 Å². The first-order valence-corrected chi connectivity index (χ1v) is 6.62. The number of rotatable bonds is 1. The summed E-state index contributed by atoms with van der Waals surface area (Å²) in [7, 11) is 1.84. The lowest BCUT2D eigenvalue weighted by molar-refractivity contribution is -0.131. The molecule has 92 valence electrons. The number of carbonyl (C=O) groups excluding carboxylic acids is 1. The highest BCUT2D eigenvalue weighted by molar-refractivity contribution is 9.10. The molecule has 17 heavy (non-hydrogen) atoms. The van der Waals surface area contributed by atoms with E-state index in [4.69, 9.17) is 0 Å². The summed E-state index contributed by atoms with van der Waals surface area (Å²) in [4.78, 5) is 14.0. The maximum absolute atomic E-state index is 12.2. The quantitative estimate of drug-likeness (QED) is 0.866. The molecule has 3 nitrogen and oxygen atoms in total. The second-order valence-corrected chi connectivity index (χ2v) is 5.37. The standard InChI is InChI=1S/C13H16BrNO2/c1-15-7-3-2-4-10(13(15)17)11-8-9(16)5-6-12(11)14/h5-6,8,10,16H,2-4,7H2,1H3/t10-/m1/s1. The van der Waals surface area contributed by atoms with Crippen LogP contribution in [0.15, 0.2) is 22.7 Å². The monoisotopic (exact) mass is 297 g/mol. The molecule has 0 aliphatic carbocycles. The summed E-state index contributed by atoms with van der Waals surface area (Å²) < 4.78 is 0.893. The lowest BCUT2D eigenvalue weighted by Gasteiger charge is -2.21. The van der Waals surface area contributed by atoms with Gasteiger partial charge in [-0.2, -0.15) is 0 Å². The Bertz CT molecular complexity index is 433. The molecule has 1 amide bonds. The van der Waals surface area contributed by atoms with Crippen molar-refractivity contribution in [3.8, 4) is 5.75 Å². The van der Waals surface area contributed by atoms with Crippen molar-refractivity contribution >= 4 is 21.8 Å². The van der Waals surface area contributed by atoms with Crippen molar-refractivity contribution < 1.29 is 9.90 Å². The van der Waals surface area contributed by atoms with Gasteiger partial charge in [-0.1, -0.05) is 22.4 Å². The second kappa shape index (κ2) is 5.08. The highest BCUT2D eigenvalue weighted by Gasteiger charge is 2.27. The van der Waals surface area contributed by atoms with Crippen molar-refractivity contribution in [3.63, 3.8) is 0 Å². The van der Waals surface area contributed by atoms with Crippen LogP contribution in [0.1, 0.15) is 30.7 Å². The summed E-state index contributed by atoms with van der Waals surface area (Å²) in [5, 5.41) is 9.54. The Morgan fingerprint density at radius 3 is 2.94 bits per heavy atom. The van der Waals surface area contributed by atoms with Gasteiger partial charge in [0.25, 0.3) is 0 Å². The van der Waals surface area contributed by atoms with Gasteiger partial charge in [0, 0.05) is 18.1 Å².